The van der Waals surface area contributed by atoms with Crippen molar-refractivity contribution in [2.75, 3.05) is 19.0 Å². The molecule has 0 spiro atoms. The number of methoxy groups -OCH3 is 1. The number of nitrogens with one attached hydrogen (secondary N) is 1. The second-order valence-electron chi connectivity index (χ2n) is 3.90. The summed E-state index contributed by atoms with van der Waals surface area (Å²) in [5, 5.41) is 2.42. The Morgan fingerprint density at radius 3 is 2.84 bits per heavy atom. The molecule has 0 saturated carbocycles. The molecule has 5 nitrogen and oxygen atoms in total. The zero-order chi connectivity index (χ0) is 14.4. The van der Waals surface area contributed by atoms with Gasteiger partial charge < -0.3 is 15.8 Å². The van der Waals surface area contributed by atoms with Gasteiger partial charge in [0, 0.05) is 6.07 Å². The van der Waals surface area contributed by atoms with Gasteiger partial charge in [0.1, 0.15) is 11.6 Å². The molecule has 0 aromatic heterocycles. The summed E-state index contributed by atoms with van der Waals surface area (Å²) < 4.78 is 30.7. The third kappa shape index (κ3) is 4.53. The van der Waals surface area contributed by atoms with Crippen LogP contribution in [0.2, 0.25) is 0 Å². The number of guanidine groups is 1. The number of nitrogens with two attached hydrogens (primary N) is 1. The summed E-state index contributed by atoms with van der Waals surface area (Å²) in [5.41, 5.74) is 5.39. The molecule has 0 bridgehead atoms. The Morgan fingerprint density at radius 2 is 2.21 bits per heavy atom. The number of nitrogens with zero attached hydrogens (tertiary/aromatic N) is 1. The van der Waals surface area contributed by atoms with Crippen LogP contribution in [0.25, 0.3) is 0 Å². The number of anilines is 1. The van der Waals surface area contributed by atoms with E-state index in [4.69, 9.17) is 5.73 Å². The summed E-state index contributed by atoms with van der Waals surface area (Å²) in [6.07, 6.45) is 0. The molecular formula is C12H15F2N3O2. The summed E-state index contributed by atoms with van der Waals surface area (Å²) in [4.78, 5) is 15.0. The minimum absolute atomic E-state index is 0.0858. The molecule has 0 saturated heterocycles. The molecule has 3 N–H and O–H groups in total. The molecule has 1 atom stereocenters. The molecular weight excluding hydrogens is 256 g/mol. The molecule has 7 heteroatoms. The van der Waals surface area contributed by atoms with Crippen LogP contribution >= 0.6 is 0 Å². The van der Waals surface area contributed by atoms with E-state index in [1.807, 2.05) is 0 Å². The molecule has 104 valence electrons. The van der Waals surface area contributed by atoms with E-state index < -0.39 is 23.5 Å². The Balaban J connectivity index is 2.66. The number of hydrogen-bond acceptors (Lipinski definition) is 3. The summed E-state index contributed by atoms with van der Waals surface area (Å²) >= 11 is 0. The zero-order valence-corrected chi connectivity index (χ0v) is 10.6. The minimum atomic E-state index is -0.652. The highest BCUT2D eigenvalue weighted by Crippen LogP contribution is 2.14. The molecule has 0 fully saturated rings. The molecule has 0 aliphatic carbocycles. The third-order valence-corrected chi connectivity index (χ3v) is 2.33. The van der Waals surface area contributed by atoms with Crippen molar-refractivity contribution in [2.24, 2.45) is 16.6 Å². The summed E-state index contributed by atoms with van der Waals surface area (Å²) in [6.45, 7) is 1.70. The quantitative estimate of drug-likeness (QED) is 0.494. The van der Waals surface area contributed by atoms with Crippen LogP contribution < -0.4 is 11.1 Å². The van der Waals surface area contributed by atoms with Crippen LogP contribution in [0, 0.1) is 17.6 Å². The Morgan fingerprint density at radius 1 is 1.53 bits per heavy atom. The maximum Gasteiger partial charge on any atom is 0.310 e. The Kier molecular flexibility index (Phi) is 5.23. The fourth-order valence-corrected chi connectivity index (χ4v) is 1.28. The van der Waals surface area contributed by atoms with Crippen LogP contribution in [0.4, 0.5) is 14.5 Å². The summed E-state index contributed by atoms with van der Waals surface area (Å²) in [5.74, 6) is -2.25. The average Bonchev–Trinajstić information content (AvgIpc) is 2.39. The number of esters is 1. The number of ether oxygens (including phenoxy) is 1. The van der Waals surface area contributed by atoms with Gasteiger partial charge in [-0.1, -0.05) is 6.92 Å². The van der Waals surface area contributed by atoms with Crippen LogP contribution in [-0.2, 0) is 9.53 Å². The highest BCUT2D eigenvalue weighted by molar-refractivity contribution is 5.92. The van der Waals surface area contributed by atoms with Gasteiger partial charge >= 0.3 is 5.97 Å². The second-order valence-corrected chi connectivity index (χ2v) is 3.90. The van der Waals surface area contributed by atoms with Gasteiger partial charge in [0.05, 0.1) is 25.3 Å². The van der Waals surface area contributed by atoms with E-state index >= 15 is 0 Å². The van der Waals surface area contributed by atoms with Crippen molar-refractivity contribution >= 4 is 17.6 Å². The van der Waals surface area contributed by atoms with Gasteiger partial charge in [-0.15, -0.1) is 0 Å². The fraction of sp³-hybridized carbons (Fsp3) is 0.333. The second kappa shape index (κ2) is 6.67. The van der Waals surface area contributed by atoms with Crippen molar-refractivity contribution in [3.8, 4) is 0 Å². The number of carbonyl (C=O) groups is 1. The van der Waals surface area contributed by atoms with Crippen molar-refractivity contribution in [1.29, 1.82) is 0 Å². The first-order valence-corrected chi connectivity index (χ1v) is 5.54. The Bertz CT molecular complexity index is 492. The van der Waals surface area contributed by atoms with Crippen LogP contribution in [0.1, 0.15) is 6.92 Å². The van der Waals surface area contributed by atoms with Gasteiger partial charge in [-0.3, -0.25) is 9.79 Å². The van der Waals surface area contributed by atoms with Gasteiger partial charge in [0.2, 0.25) is 0 Å². The van der Waals surface area contributed by atoms with E-state index in [9.17, 15) is 13.6 Å². The topological polar surface area (TPSA) is 76.7 Å². The first-order valence-electron chi connectivity index (χ1n) is 5.54. The number of rotatable bonds is 4. The van der Waals surface area contributed by atoms with Crippen LogP contribution in [0.3, 0.4) is 0 Å². The van der Waals surface area contributed by atoms with E-state index in [0.29, 0.717) is 0 Å². The lowest BCUT2D eigenvalue weighted by Crippen LogP contribution is -2.25. The molecule has 0 radical (unpaired) electrons. The van der Waals surface area contributed by atoms with E-state index in [1.54, 1.807) is 6.92 Å². The zero-order valence-electron chi connectivity index (χ0n) is 10.6. The standard InChI is InChI=1S/C12H15F2N3O2/c1-7(11(18)19-2)6-16-12(15)17-10-5-8(13)3-4-9(10)14/h3-5,7H,6H2,1-2H3,(H3,15,16,17). The largest absolute Gasteiger partial charge is 0.469 e. The van der Waals surface area contributed by atoms with Crippen molar-refractivity contribution in [1.82, 2.24) is 0 Å². The first kappa shape index (κ1) is 14.9. The highest BCUT2D eigenvalue weighted by Gasteiger charge is 2.12. The van der Waals surface area contributed by atoms with E-state index in [-0.39, 0.29) is 18.2 Å². The number of carbonyl (C=O) groups excluding carboxylic acids is 1. The lowest BCUT2D eigenvalue weighted by atomic mass is 10.2. The molecule has 0 amide bonds. The van der Waals surface area contributed by atoms with Crippen molar-refractivity contribution in [2.45, 2.75) is 6.92 Å². The Labute approximate surface area is 109 Å². The van der Waals surface area contributed by atoms with Crippen LogP contribution in [0.5, 0.6) is 0 Å². The number of aliphatic imine (C=N–C) groups is 1. The Hall–Kier alpha value is -2.18. The predicted molar refractivity (Wildman–Crippen MR) is 67.7 cm³/mol. The van der Waals surface area contributed by atoms with Crippen LogP contribution in [0.15, 0.2) is 23.2 Å². The van der Waals surface area contributed by atoms with Crippen molar-refractivity contribution in [3.05, 3.63) is 29.8 Å². The third-order valence-electron chi connectivity index (χ3n) is 2.33. The van der Waals surface area contributed by atoms with Gasteiger partial charge in [0.15, 0.2) is 5.96 Å². The van der Waals surface area contributed by atoms with E-state index in [1.165, 1.54) is 7.11 Å². The minimum Gasteiger partial charge on any atom is -0.469 e. The van der Waals surface area contributed by atoms with Crippen molar-refractivity contribution < 1.29 is 18.3 Å². The molecule has 19 heavy (non-hydrogen) atoms. The van der Waals surface area contributed by atoms with Crippen LogP contribution in [-0.4, -0.2) is 25.6 Å². The molecule has 1 rings (SSSR count). The van der Waals surface area contributed by atoms with Gasteiger partial charge in [-0.2, -0.15) is 0 Å². The molecule has 1 aromatic carbocycles. The molecule has 1 unspecified atom stereocenters. The van der Waals surface area contributed by atoms with Crippen molar-refractivity contribution in [3.63, 3.8) is 0 Å². The molecule has 1 aromatic rings. The fourth-order valence-electron chi connectivity index (χ4n) is 1.28. The van der Waals surface area contributed by atoms with E-state index in [2.05, 4.69) is 15.0 Å². The first-order chi connectivity index (χ1) is 8.93. The smallest absolute Gasteiger partial charge is 0.310 e. The monoisotopic (exact) mass is 271 g/mol. The highest BCUT2D eigenvalue weighted by atomic mass is 19.1. The molecule has 0 aliphatic heterocycles. The SMILES string of the molecule is COC(=O)C(C)CN=C(N)Nc1cc(F)ccc1F. The van der Waals surface area contributed by atoms with Gasteiger partial charge in [0.25, 0.3) is 0 Å². The predicted octanol–water partition coefficient (Wildman–Crippen LogP) is 1.50. The number of halogens is 2. The maximum atomic E-state index is 13.3. The molecule has 0 aliphatic rings. The molecule has 0 heterocycles. The average molecular weight is 271 g/mol. The lowest BCUT2D eigenvalue weighted by Gasteiger charge is -2.09. The summed E-state index contributed by atoms with van der Waals surface area (Å²) in [6, 6.07) is 2.93. The maximum absolute atomic E-state index is 13.3. The number of hydrogen-bond donors (Lipinski definition) is 2. The van der Waals surface area contributed by atoms with Gasteiger partial charge in [-0.25, -0.2) is 8.78 Å². The summed E-state index contributed by atoms with van der Waals surface area (Å²) in [7, 11) is 1.27. The van der Waals surface area contributed by atoms with E-state index in [0.717, 1.165) is 18.2 Å². The van der Waals surface area contributed by atoms with Gasteiger partial charge in [-0.05, 0) is 12.1 Å². The lowest BCUT2D eigenvalue weighted by molar-refractivity contribution is -0.144. The number of benzene rings is 1. The normalized spacial score (nSPS) is 12.9.